The van der Waals surface area contributed by atoms with E-state index in [0.29, 0.717) is 6.42 Å². The molecule has 0 spiro atoms. The Morgan fingerprint density at radius 1 is 1.25 bits per heavy atom. The normalized spacial score (nSPS) is 18.3. The molecule has 3 rings (SSSR count). The molecule has 1 aromatic heterocycles. The van der Waals surface area contributed by atoms with Crippen LogP contribution in [0.2, 0.25) is 0 Å². The summed E-state index contributed by atoms with van der Waals surface area (Å²) < 4.78 is 6.01. The lowest BCUT2D eigenvalue weighted by atomic mass is 9.89. The number of aromatic nitrogens is 1. The Balaban J connectivity index is 1.58. The fraction of sp³-hybridized carbons (Fsp3) is 0.400. The Morgan fingerprint density at radius 2 is 2.04 bits per heavy atom. The third kappa shape index (κ3) is 4.13. The SMILES string of the molecule is CC1(C)CC(NC(=O)CCCc2ccccn2)c2ccccc2O1. The van der Waals surface area contributed by atoms with E-state index in [1.165, 1.54) is 0 Å². The smallest absolute Gasteiger partial charge is 0.220 e. The first-order valence-electron chi connectivity index (χ1n) is 8.51. The second kappa shape index (κ2) is 7.04. The molecule has 1 amide bonds. The Hall–Kier alpha value is -2.36. The Bertz CT molecular complexity index is 698. The molecule has 1 aromatic carbocycles. The van der Waals surface area contributed by atoms with E-state index in [0.717, 1.165) is 36.3 Å². The molecule has 0 saturated carbocycles. The van der Waals surface area contributed by atoms with Gasteiger partial charge in [-0.3, -0.25) is 9.78 Å². The zero-order valence-corrected chi connectivity index (χ0v) is 14.3. The number of aryl methyl sites for hydroxylation is 1. The van der Waals surface area contributed by atoms with E-state index >= 15 is 0 Å². The van der Waals surface area contributed by atoms with Crippen molar-refractivity contribution < 1.29 is 9.53 Å². The molecule has 1 atom stereocenters. The molecule has 1 aliphatic heterocycles. The molecule has 2 aromatic rings. The minimum atomic E-state index is -0.278. The third-order valence-electron chi connectivity index (χ3n) is 4.27. The van der Waals surface area contributed by atoms with Gasteiger partial charge in [-0.1, -0.05) is 24.3 Å². The summed E-state index contributed by atoms with van der Waals surface area (Å²) in [5.41, 5.74) is 1.82. The number of nitrogens with one attached hydrogen (secondary N) is 1. The van der Waals surface area contributed by atoms with E-state index in [1.807, 2.05) is 42.5 Å². The van der Waals surface area contributed by atoms with Crippen molar-refractivity contribution in [3.63, 3.8) is 0 Å². The van der Waals surface area contributed by atoms with E-state index in [2.05, 4.69) is 24.1 Å². The summed E-state index contributed by atoms with van der Waals surface area (Å²) in [4.78, 5) is 16.6. The predicted octanol–water partition coefficient (Wildman–Crippen LogP) is 3.82. The van der Waals surface area contributed by atoms with E-state index in [4.69, 9.17) is 4.74 Å². The van der Waals surface area contributed by atoms with Gasteiger partial charge in [-0.15, -0.1) is 0 Å². The summed E-state index contributed by atoms with van der Waals surface area (Å²) in [5, 5.41) is 3.18. The summed E-state index contributed by atoms with van der Waals surface area (Å²) in [6.07, 6.45) is 4.70. The molecule has 0 fully saturated rings. The monoisotopic (exact) mass is 324 g/mol. The van der Waals surface area contributed by atoms with Gasteiger partial charge in [0, 0.05) is 30.3 Å². The quantitative estimate of drug-likeness (QED) is 0.909. The molecule has 0 saturated heterocycles. The van der Waals surface area contributed by atoms with Crippen molar-refractivity contribution in [1.29, 1.82) is 0 Å². The number of carbonyl (C=O) groups excluding carboxylic acids is 1. The number of para-hydroxylation sites is 1. The van der Waals surface area contributed by atoms with E-state index in [1.54, 1.807) is 6.20 Å². The molecule has 0 aliphatic carbocycles. The number of carbonyl (C=O) groups is 1. The standard InChI is InChI=1S/C20H24N2O2/c1-20(2)14-17(16-10-3-4-11-18(16)24-20)22-19(23)12-7-9-15-8-5-6-13-21-15/h3-6,8,10-11,13,17H,7,9,12,14H2,1-2H3,(H,22,23). The number of benzene rings is 1. The van der Waals surface area contributed by atoms with Crippen molar-refractivity contribution in [2.75, 3.05) is 0 Å². The Kier molecular flexibility index (Phi) is 4.84. The van der Waals surface area contributed by atoms with Gasteiger partial charge in [0.15, 0.2) is 0 Å². The van der Waals surface area contributed by atoms with Crippen LogP contribution in [0, 0.1) is 0 Å². The van der Waals surface area contributed by atoms with Gasteiger partial charge in [0.2, 0.25) is 5.91 Å². The largest absolute Gasteiger partial charge is 0.487 e. The molecule has 4 nitrogen and oxygen atoms in total. The Morgan fingerprint density at radius 3 is 2.83 bits per heavy atom. The van der Waals surface area contributed by atoms with Gasteiger partial charge < -0.3 is 10.1 Å². The summed E-state index contributed by atoms with van der Waals surface area (Å²) in [6, 6.07) is 13.8. The van der Waals surface area contributed by atoms with Gasteiger partial charge in [-0.05, 0) is 44.9 Å². The third-order valence-corrected chi connectivity index (χ3v) is 4.27. The summed E-state index contributed by atoms with van der Waals surface area (Å²) >= 11 is 0. The average molecular weight is 324 g/mol. The van der Waals surface area contributed by atoms with Crippen molar-refractivity contribution in [3.05, 3.63) is 59.9 Å². The number of pyridine rings is 1. The van der Waals surface area contributed by atoms with Gasteiger partial charge in [-0.2, -0.15) is 0 Å². The molecule has 24 heavy (non-hydrogen) atoms. The van der Waals surface area contributed by atoms with Gasteiger partial charge in [0.25, 0.3) is 0 Å². The van der Waals surface area contributed by atoms with Crippen molar-refractivity contribution in [1.82, 2.24) is 10.3 Å². The number of nitrogens with zero attached hydrogens (tertiary/aromatic N) is 1. The highest BCUT2D eigenvalue weighted by Crippen LogP contribution is 2.39. The summed E-state index contributed by atoms with van der Waals surface area (Å²) in [7, 11) is 0. The number of hydrogen-bond acceptors (Lipinski definition) is 3. The van der Waals surface area contributed by atoms with Crippen LogP contribution in [0.25, 0.3) is 0 Å². The predicted molar refractivity (Wildman–Crippen MR) is 93.8 cm³/mol. The average Bonchev–Trinajstić information content (AvgIpc) is 2.55. The van der Waals surface area contributed by atoms with Gasteiger partial charge in [0.1, 0.15) is 11.4 Å². The highest BCUT2D eigenvalue weighted by Gasteiger charge is 2.34. The first-order chi connectivity index (χ1) is 11.5. The van der Waals surface area contributed by atoms with Crippen LogP contribution in [0.5, 0.6) is 5.75 Å². The fourth-order valence-electron chi connectivity index (χ4n) is 3.17. The van der Waals surface area contributed by atoms with Crippen LogP contribution < -0.4 is 10.1 Å². The zero-order valence-electron chi connectivity index (χ0n) is 14.3. The second-order valence-electron chi connectivity index (χ2n) is 6.90. The summed E-state index contributed by atoms with van der Waals surface area (Å²) in [6.45, 7) is 4.12. The highest BCUT2D eigenvalue weighted by molar-refractivity contribution is 5.76. The lowest BCUT2D eigenvalue weighted by molar-refractivity contribution is -0.122. The molecule has 1 aliphatic rings. The first kappa shape index (κ1) is 16.5. The van der Waals surface area contributed by atoms with Crippen molar-refractivity contribution in [2.24, 2.45) is 0 Å². The first-order valence-corrected chi connectivity index (χ1v) is 8.51. The Labute approximate surface area is 143 Å². The topological polar surface area (TPSA) is 51.2 Å². The number of fused-ring (bicyclic) bond motifs is 1. The van der Waals surface area contributed by atoms with Crippen molar-refractivity contribution in [2.45, 2.75) is 51.2 Å². The molecule has 4 heteroatoms. The van der Waals surface area contributed by atoms with Crippen LogP contribution in [-0.4, -0.2) is 16.5 Å². The lowest BCUT2D eigenvalue weighted by Gasteiger charge is -2.37. The molecule has 1 N–H and O–H groups in total. The van der Waals surface area contributed by atoms with E-state index < -0.39 is 0 Å². The van der Waals surface area contributed by atoms with Gasteiger partial charge in [0.05, 0.1) is 6.04 Å². The van der Waals surface area contributed by atoms with Crippen LogP contribution in [0.4, 0.5) is 0 Å². The summed E-state index contributed by atoms with van der Waals surface area (Å²) in [5.74, 6) is 0.955. The highest BCUT2D eigenvalue weighted by atomic mass is 16.5. The van der Waals surface area contributed by atoms with Crippen LogP contribution >= 0.6 is 0 Å². The minimum Gasteiger partial charge on any atom is -0.487 e. The van der Waals surface area contributed by atoms with Gasteiger partial charge >= 0.3 is 0 Å². The second-order valence-corrected chi connectivity index (χ2v) is 6.90. The number of amides is 1. The van der Waals surface area contributed by atoms with Gasteiger partial charge in [-0.25, -0.2) is 0 Å². The molecule has 126 valence electrons. The van der Waals surface area contributed by atoms with E-state index in [-0.39, 0.29) is 17.6 Å². The fourth-order valence-corrected chi connectivity index (χ4v) is 3.17. The number of ether oxygens (including phenoxy) is 1. The molecular formula is C20H24N2O2. The van der Waals surface area contributed by atoms with Crippen LogP contribution in [-0.2, 0) is 11.2 Å². The van der Waals surface area contributed by atoms with Crippen molar-refractivity contribution >= 4 is 5.91 Å². The van der Waals surface area contributed by atoms with Crippen LogP contribution in [0.1, 0.15) is 50.4 Å². The van der Waals surface area contributed by atoms with Crippen LogP contribution in [0.3, 0.4) is 0 Å². The maximum atomic E-state index is 12.3. The maximum Gasteiger partial charge on any atom is 0.220 e. The maximum absolute atomic E-state index is 12.3. The molecule has 0 radical (unpaired) electrons. The van der Waals surface area contributed by atoms with Crippen molar-refractivity contribution in [3.8, 4) is 5.75 Å². The molecular weight excluding hydrogens is 300 g/mol. The minimum absolute atomic E-state index is 0.00676. The zero-order chi connectivity index (χ0) is 17.0. The lowest BCUT2D eigenvalue weighted by Crippen LogP contribution is -2.41. The van der Waals surface area contributed by atoms with E-state index in [9.17, 15) is 4.79 Å². The molecule has 1 unspecified atom stereocenters. The number of hydrogen-bond donors (Lipinski definition) is 1. The molecule has 0 bridgehead atoms. The number of rotatable bonds is 5. The molecule has 2 heterocycles. The van der Waals surface area contributed by atoms with Crippen LogP contribution in [0.15, 0.2) is 48.7 Å².